The third-order valence-electron chi connectivity index (χ3n) is 2.63. The first-order chi connectivity index (χ1) is 8.58. The molecule has 0 saturated carbocycles. The fourth-order valence-corrected chi connectivity index (χ4v) is 1.62. The normalized spacial score (nSPS) is 10.9. The largest absolute Gasteiger partial charge is 0.294 e. The molecule has 0 bridgehead atoms. The number of ketones is 1. The van der Waals surface area contributed by atoms with Gasteiger partial charge in [-0.05, 0) is 6.07 Å². The lowest BCUT2D eigenvalue weighted by molar-refractivity contribution is 0.0939. The number of pyridine rings is 1. The van der Waals surface area contributed by atoms with Crippen LogP contribution < -0.4 is 0 Å². The van der Waals surface area contributed by atoms with E-state index in [9.17, 15) is 9.18 Å². The molecule has 18 heavy (non-hydrogen) atoms. The molecule has 94 valence electrons. The molecule has 0 atom stereocenters. The summed E-state index contributed by atoms with van der Waals surface area (Å²) in [5.41, 5.74) is 1.05. The molecular weight excluding hydrogens is 233 g/mol. The number of Topliss-reactive ketones (excluding diaryl/α,β-unsaturated/α-hetero) is 1. The summed E-state index contributed by atoms with van der Waals surface area (Å²) in [7, 11) is 0. The number of halogens is 1. The zero-order chi connectivity index (χ0) is 13.1. The molecule has 0 amide bonds. The van der Waals surface area contributed by atoms with E-state index in [0.29, 0.717) is 17.7 Å². The van der Waals surface area contributed by atoms with Gasteiger partial charge in [-0.15, -0.1) is 0 Å². The molecular formula is C13H14FN3O. The van der Waals surface area contributed by atoms with E-state index in [-0.39, 0.29) is 17.5 Å². The first kappa shape index (κ1) is 12.4. The van der Waals surface area contributed by atoms with Crippen LogP contribution in [-0.2, 0) is 6.54 Å². The fourth-order valence-electron chi connectivity index (χ4n) is 1.62. The van der Waals surface area contributed by atoms with Gasteiger partial charge >= 0.3 is 0 Å². The molecule has 0 spiro atoms. The maximum Gasteiger partial charge on any atom is 0.168 e. The highest BCUT2D eigenvalue weighted by molar-refractivity contribution is 5.96. The van der Waals surface area contributed by atoms with Crippen LogP contribution in [-0.4, -0.2) is 20.5 Å². The van der Waals surface area contributed by atoms with E-state index in [1.54, 1.807) is 16.9 Å². The van der Waals surface area contributed by atoms with Gasteiger partial charge in [0.05, 0.1) is 24.5 Å². The zero-order valence-corrected chi connectivity index (χ0v) is 10.3. The molecule has 2 aromatic rings. The Bertz CT molecular complexity index is 563. The second-order valence-electron chi connectivity index (χ2n) is 4.41. The van der Waals surface area contributed by atoms with Crippen LogP contribution in [0.2, 0.25) is 0 Å². The topological polar surface area (TPSA) is 47.8 Å². The molecule has 0 fully saturated rings. The number of carbonyl (C=O) groups excluding carboxylic acids is 1. The number of nitrogens with zero attached hydrogens (tertiary/aromatic N) is 3. The van der Waals surface area contributed by atoms with Crippen molar-refractivity contribution >= 4 is 5.78 Å². The van der Waals surface area contributed by atoms with Crippen molar-refractivity contribution in [1.29, 1.82) is 0 Å². The summed E-state index contributed by atoms with van der Waals surface area (Å²) in [4.78, 5) is 15.4. The first-order valence-electron chi connectivity index (χ1n) is 5.73. The van der Waals surface area contributed by atoms with E-state index in [4.69, 9.17) is 0 Å². The molecule has 4 nitrogen and oxygen atoms in total. The summed E-state index contributed by atoms with van der Waals surface area (Å²) in [5, 5.41) is 4.06. The number of hydrogen-bond acceptors (Lipinski definition) is 3. The summed E-state index contributed by atoms with van der Waals surface area (Å²) in [5.74, 6) is -0.401. The van der Waals surface area contributed by atoms with Crippen molar-refractivity contribution in [1.82, 2.24) is 14.8 Å². The zero-order valence-electron chi connectivity index (χ0n) is 10.3. The van der Waals surface area contributed by atoms with Crippen LogP contribution in [0.25, 0.3) is 0 Å². The summed E-state index contributed by atoms with van der Waals surface area (Å²) < 4.78 is 14.9. The predicted molar refractivity (Wildman–Crippen MR) is 64.7 cm³/mol. The van der Waals surface area contributed by atoms with Crippen molar-refractivity contribution in [3.8, 4) is 0 Å². The van der Waals surface area contributed by atoms with Gasteiger partial charge < -0.3 is 0 Å². The van der Waals surface area contributed by atoms with E-state index in [0.717, 1.165) is 0 Å². The van der Waals surface area contributed by atoms with Gasteiger partial charge in [-0.3, -0.25) is 14.5 Å². The number of hydrogen-bond donors (Lipinski definition) is 0. The van der Waals surface area contributed by atoms with Crippen molar-refractivity contribution in [2.24, 2.45) is 5.92 Å². The monoisotopic (exact) mass is 247 g/mol. The van der Waals surface area contributed by atoms with Crippen molar-refractivity contribution in [3.05, 3.63) is 47.8 Å². The minimum absolute atomic E-state index is 0.0384. The van der Waals surface area contributed by atoms with Crippen molar-refractivity contribution in [2.75, 3.05) is 0 Å². The fraction of sp³-hybridized carbons (Fsp3) is 0.308. The quantitative estimate of drug-likeness (QED) is 0.779. The summed E-state index contributed by atoms with van der Waals surface area (Å²) >= 11 is 0. The van der Waals surface area contributed by atoms with E-state index >= 15 is 0 Å². The van der Waals surface area contributed by atoms with Gasteiger partial charge in [-0.1, -0.05) is 13.8 Å². The number of rotatable bonds is 4. The lowest BCUT2D eigenvalue weighted by Crippen LogP contribution is -2.06. The van der Waals surface area contributed by atoms with Crippen molar-refractivity contribution < 1.29 is 9.18 Å². The van der Waals surface area contributed by atoms with Crippen LogP contribution >= 0.6 is 0 Å². The first-order valence-corrected chi connectivity index (χ1v) is 5.73. The molecule has 0 radical (unpaired) electrons. The average Bonchev–Trinajstić information content (AvgIpc) is 2.79. The Morgan fingerprint density at radius 2 is 2.22 bits per heavy atom. The lowest BCUT2D eigenvalue weighted by atomic mass is 10.0. The smallest absolute Gasteiger partial charge is 0.168 e. The van der Waals surface area contributed by atoms with Gasteiger partial charge in [0.1, 0.15) is 5.82 Å². The van der Waals surface area contributed by atoms with E-state index in [1.165, 1.54) is 18.6 Å². The van der Waals surface area contributed by atoms with Gasteiger partial charge in [-0.25, -0.2) is 4.39 Å². The number of aromatic nitrogens is 3. The molecule has 0 saturated heterocycles. The molecule has 2 rings (SSSR count). The SMILES string of the molecule is CC(C)C(=O)c1cnn(Cc2ccncc2F)c1. The Balaban J connectivity index is 2.17. The number of carbonyl (C=O) groups is 1. The second kappa shape index (κ2) is 5.08. The Kier molecular flexibility index (Phi) is 3.50. The molecule has 0 aliphatic rings. The summed E-state index contributed by atoms with van der Waals surface area (Å²) in [6.45, 7) is 3.96. The Morgan fingerprint density at radius 1 is 1.44 bits per heavy atom. The molecule has 0 aliphatic heterocycles. The van der Waals surface area contributed by atoms with Crippen LogP contribution in [0.5, 0.6) is 0 Å². The second-order valence-corrected chi connectivity index (χ2v) is 4.41. The lowest BCUT2D eigenvalue weighted by Gasteiger charge is -2.02. The van der Waals surface area contributed by atoms with Crippen molar-refractivity contribution in [3.63, 3.8) is 0 Å². The van der Waals surface area contributed by atoms with Gasteiger partial charge in [-0.2, -0.15) is 5.10 Å². The van der Waals surface area contributed by atoms with Crippen LogP contribution in [0.15, 0.2) is 30.9 Å². The highest BCUT2D eigenvalue weighted by Gasteiger charge is 2.13. The van der Waals surface area contributed by atoms with E-state index < -0.39 is 0 Å². The molecule has 0 unspecified atom stereocenters. The highest BCUT2D eigenvalue weighted by Crippen LogP contribution is 2.10. The highest BCUT2D eigenvalue weighted by atomic mass is 19.1. The Labute approximate surface area is 104 Å². The minimum Gasteiger partial charge on any atom is -0.294 e. The third-order valence-corrected chi connectivity index (χ3v) is 2.63. The van der Waals surface area contributed by atoms with Gasteiger partial charge in [0, 0.05) is 23.9 Å². The molecule has 0 aliphatic carbocycles. The van der Waals surface area contributed by atoms with Gasteiger partial charge in [0.25, 0.3) is 0 Å². The predicted octanol–water partition coefficient (Wildman–Crippen LogP) is 2.30. The maximum absolute atomic E-state index is 13.4. The van der Waals surface area contributed by atoms with Crippen LogP contribution in [0.1, 0.15) is 29.8 Å². The van der Waals surface area contributed by atoms with Crippen LogP contribution in [0.4, 0.5) is 4.39 Å². The van der Waals surface area contributed by atoms with Crippen LogP contribution in [0.3, 0.4) is 0 Å². The van der Waals surface area contributed by atoms with Gasteiger partial charge in [0.15, 0.2) is 5.78 Å². The summed E-state index contributed by atoms with van der Waals surface area (Å²) in [6.07, 6.45) is 5.85. The third kappa shape index (κ3) is 2.61. The average molecular weight is 247 g/mol. The molecule has 0 N–H and O–H groups in total. The molecule has 0 aromatic carbocycles. The Hall–Kier alpha value is -2.04. The van der Waals surface area contributed by atoms with Gasteiger partial charge in [0.2, 0.25) is 0 Å². The van der Waals surface area contributed by atoms with Crippen molar-refractivity contribution in [2.45, 2.75) is 20.4 Å². The summed E-state index contributed by atoms with van der Waals surface area (Å²) in [6, 6.07) is 1.60. The Morgan fingerprint density at radius 3 is 2.89 bits per heavy atom. The molecule has 2 heterocycles. The standard InChI is InChI=1S/C13H14FN3O/c1-9(2)13(18)11-5-16-17(8-11)7-10-3-4-15-6-12(10)14/h3-6,8-9H,7H2,1-2H3. The molecule has 2 aromatic heterocycles. The molecule has 5 heteroatoms. The van der Waals surface area contributed by atoms with E-state index in [1.807, 2.05) is 13.8 Å². The maximum atomic E-state index is 13.4. The minimum atomic E-state index is -0.371. The van der Waals surface area contributed by atoms with Crippen LogP contribution in [0, 0.1) is 11.7 Å². The van der Waals surface area contributed by atoms with E-state index in [2.05, 4.69) is 10.1 Å².